The maximum Gasteiger partial charge on any atom is 0.264 e. The third-order valence-corrected chi connectivity index (χ3v) is 9.51. The molecule has 48 heavy (non-hydrogen) atoms. The summed E-state index contributed by atoms with van der Waals surface area (Å²) >= 11 is 0. The molecule has 1 atom stereocenters. The van der Waals surface area contributed by atoms with E-state index in [1.807, 2.05) is 52.1 Å². The third-order valence-electron chi connectivity index (χ3n) is 8.19. The van der Waals surface area contributed by atoms with Gasteiger partial charge < -0.3 is 9.64 Å². The zero-order valence-corrected chi connectivity index (χ0v) is 29.0. The maximum atomic E-state index is 14.4. The highest BCUT2D eigenvalue weighted by molar-refractivity contribution is 7.92. The van der Waals surface area contributed by atoms with Crippen molar-refractivity contribution in [1.29, 1.82) is 0 Å². The second-order valence-corrected chi connectivity index (χ2v) is 15.4. The van der Waals surface area contributed by atoms with Crippen LogP contribution in [-0.2, 0) is 16.6 Å². The number of nitrogens with zero attached hydrogens (tertiary/aromatic N) is 7. The normalized spacial score (nSPS) is 16.5. The molecule has 13 heteroatoms. The maximum absolute atomic E-state index is 14.4. The molecule has 0 saturated carbocycles. The summed E-state index contributed by atoms with van der Waals surface area (Å²) < 4.78 is 38.0. The third kappa shape index (κ3) is 7.01. The van der Waals surface area contributed by atoms with Crippen molar-refractivity contribution in [3.8, 4) is 17.1 Å². The fraction of sp³-hybridized carbons (Fsp3) is 0.371. The number of amides is 1. The Morgan fingerprint density at radius 1 is 1.02 bits per heavy atom. The summed E-state index contributed by atoms with van der Waals surface area (Å²) in [5.41, 5.74) is 5.02. The van der Waals surface area contributed by atoms with Crippen LogP contribution in [0.3, 0.4) is 0 Å². The topological polar surface area (TPSA) is 145 Å². The predicted octanol–water partition coefficient (Wildman–Crippen LogP) is 6.12. The molecule has 1 aliphatic rings. The summed E-state index contributed by atoms with van der Waals surface area (Å²) in [5.74, 6) is -0.311. The highest BCUT2D eigenvalue weighted by atomic mass is 32.2. The first-order chi connectivity index (χ1) is 22.7. The molecule has 2 aromatic carbocycles. The van der Waals surface area contributed by atoms with E-state index in [1.165, 1.54) is 12.1 Å². The van der Waals surface area contributed by atoms with Gasteiger partial charge >= 0.3 is 0 Å². The number of nitrogens with one attached hydrogen (secondary N) is 1. The van der Waals surface area contributed by atoms with Crippen LogP contribution < -0.4 is 9.46 Å². The van der Waals surface area contributed by atoms with Gasteiger partial charge in [0.25, 0.3) is 15.9 Å². The molecule has 1 N–H and O–H groups in total. The molecule has 3 aromatic heterocycles. The summed E-state index contributed by atoms with van der Waals surface area (Å²) in [6.07, 6.45) is 4.04. The van der Waals surface area contributed by atoms with E-state index < -0.39 is 16.1 Å². The monoisotopic (exact) mass is 668 g/mol. The van der Waals surface area contributed by atoms with Gasteiger partial charge in [-0.2, -0.15) is 10.1 Å². The van der Waals surface area contributed by atoms with E-state index in [0.29, 0.717) is 29.0 Å². The smallest absolute Gasteiger partial charge is 0.264 e. The fourth-order valence-corrected chi connectivity index (χ4v) is 6.91. The molecule has 0 unspecified atom stereocenters. The first-order valence-corrected chi connectivity index (χ1v) is 17.4. The number of ether oxygens (including phenoxy) is 1. The van der Waals surface area contributed by atoms with E-state index in [2.05, 4.69) is 45.5 Å². The molecule has 0 spiro atoms. The lowest BCUT2D eigenvalue weighted by Gasteiger charge is -2.35. The van der Waals surface area contributed by atoms with E-state index in [9.17, 15) is 13.2 Å². The Balaban J connectivity index is 1.49. The van der Waals surface area contributed by atoms with Crippen molar-refractivity contribution in [3.63, 3.8) is 0 Å². The molecular weight excluding hydrogens is 629 g/mol. The molecule has 4 bridgehead atoms. The Labute approximate surface area is 280 Å². The molecule has 6 rings (SSSR count). The van der Waals surface area contributed by atoms with Gasteiger partial charge in [0.05, 0.1) is 41.3 Å². The number of aryl methyl sites for hydroxylation is 2. The van der Waals surface area contributed by atoms with E-state index in [1.54, 1.807) is 34.0 Å². The number of hydrogen-bond donors (Lipinski definition) is 1. The zero-order valence-electron chi connectivity index (χ0n) is 28.2. The van der Waals surface area contributed by atoms with E-state index in [-0.39, 0.29) is 52.8 Å². The molecule has 0 aliphatic carbocycles. The molecule has 0 fully saturated rings. The van der Waals surface area contributed by atoms with Gasteiger partial charge in [-0.1, -0.05) is 45.0 Å². The van der Waals surface area contributed by atoms with Gasteiger partial charge in [0.2, 0.25) is 11.8 Å². The summed E-state index contributed by atoms with van der Waals surface area (Å²) in [5, 5.41) is 4.51. The second-order valence-electron chi connectivity index (χ2n) is 13.8. The molecule has 5 aromatic rings. The largest absolute Gasteiger partial charge is 0.475 e. The van der Waals surface area contributed by atoms with Gasteiger partial charge in [0.1, 0.15) is 12.1 Å². The molecule has 0 radical (unpaired) electrons. The van der Waals surface area contributed by atoms with Crippen molar-refractivity contribution < 1.29 is 17.9 Å². The van der Waals surface area contributed by atoms with Crippen LogP contribution in [-0.4, -0.2) is 61.6 Å². The van der Waals surface area contributed by atoms with Gasteiger partial charge in [-0.15, -0.1) is 0 Å². The SMILES string of the molecule is Cc1cccc(C)c1-c1cc2nc(n1)NS(=O)(=O)c1cccc(c1)C(=O)N(Cc1cnc3nn(C(C)C)cc3n1)[C@H](CC(C)(C)C)CO2. The van der Waals surface area contributed by atoms with Crippen LogP contribution in [0, 0.1) is 19.3 Å². The number of benzene rings is 2. The van der Waals surface area contributed by atoms with Gasteiger partial charge in [-0.3, -0.25) is 9.48 Å². The minimum atomic E-state index is -4.18. The highest BCUT2D eigenvalue weighted by Gasteiger charge is 2.32. The Morgan fingerprint density at radius 3 is 2.46 bits per heavy atom. The van der Waals surface area contributed by atoms with Crippen LogP contribution in [0.15, 0.2) is 65.8 Å². The molecule has 250 valence electrons. The summed E-state index contributed by atoms with van der Waals surface area (Å²) in [6.45, 7) is 14.5. The Hall–Kier alpha value is -4.91. The number of aromatic nitrogens is 6. The second kappa shape index (κ2) is 12.6. The zero-order chi connectivity index (χ0) is 34.4. The standard InChI is InChI=1S/C35H40N8O4S/c1-21(2)43-19-29-32(40-43)36-17-25(37-29)18-42-26(16-35(5,6)7)20-47-30-15-28(31-22(3)10-8-11-23(31)4)38-34(39-30)41-48(45,46)27-13-9-12-24(14-27)33(42)44/h8-15,17,19,21,26H,16,18,20H2,1-7H3,(H,38,39,41)/t26-/m1/s1. The van der Waals surface area contributed by atoms with Crippen molar-refractivity contribution in [3.05, 3.63) is 83.3 Å². The number of anilines is 1. The predicted molar refractivity (Wildman–Crippen MR) is 183 cm³/mol. The molecule has 0 saturated heterocycles. The minimum Gasteiger partial charge on any atom is -0.475 e. The van der Waals surface area contributed by atoms with Crippen molar-refractivity contribution in [1.82, 2.24) is 34.6 Å². The lowest BCUT2D eigenvalue weighted by molar-refractivity contribution is 0.0509. The number of rotatable bonds is 5. The number of fused-ring (bicyclic) bond motifs is 5. The Kier molecular flexibility index (Phi) is 8.67. The lowest BCUT2D eigenvalue weighted by atomic mass is 9.87. The van der Waals surface area contributed by atoms with Crippen LogP contribution in [0.5, 0.6) is 5.88 Å². The average Bonchev–Trinajstić information content (AvgIpc) is 3.45. The van der Waals surface area contributed by atoms with Crippen LogP contribution in [0.4, 0.5) is 5.95 Å². The van der Waals surface area contributed by atoms with Gasteiger partial charge in [-0.25, -0.2) is 28.1 Å². The van der Waals surface area contributed by atoms with Gasteiger partial charge in [-0.05, 0) is 68.9 Å². The molecular formula is C35H40N8O4S. The Bertz CT molecular complexity index is 2100. The quantitative estimate of drug-likeness (QED) is 0.234. The number of hydrogen-bond acceptors (Lipinski definition) is 9. The first kappa shape index (κ1) is 33.0. The number of carbonyl (C=O) groups is 1. The summed E-state index contributed by atoms with van der Waals surface area (Å²) in [7, 11) is -4.18. The van der Waals surface area contributed by atoms with Crippen LogP contribution in [0.1, 0.15) is 74.3 Å². The van der Waals surface area contributed by atoms with Gasteiger partial charge in [0.15, 0.2) is 5.65 Å². The first-order valence-electron chi connectivity index (χ1n) is 15.9. The minimum absolute atomic E-state index is 0.0824. The fourth-order valence-electron chi connectivity index (χ4n) is 5.92. The summed E-state index contributed by atoms with van der Waals surface area (Å²) in [6, 6.07) is 13.3. The highest BCUT2D eigenvalue weighted by Crippen LogP contribution is 2.32. The van der Waals surface area contributed by atoms with E-state index in [4.69, 9.17) is 9.72 Å². The van der Waals surface area contributed by atoms with Crippen molar-refractivity contribution in [2.75, 3.05) is 11.3 Å². The van der Waals surface area contributed by atoms with Crippen molar-refractivity contribution in [2.24, 2.45) is 5.41 Å². The van der Waals surface area contributed by atoms with Crippen LogP contribution in [0.25, 0.3) is 22.4 Å². The van der Waals surface area contributed by atoms with Crippen molar-refractivity contribution in [2.45, 2.75) is 78.4 Å². The van der Waals surface area contributed by atoms with Gasteiger partial charge in [0, 0.05) is 23.2 Å². The molecule has 4 heterocycles. The van der Waals surface area contributed by atoms with Crippen molar-refractivity contribution >= 4 is 33.0 Å². The Morgan fingerprint density at radius 2 is 1.75 bits per heavy atom. The van der Waals surface area contributed by atoms with E-state index in [0.717, 1.165) is 16.7 Å². The number of carbonyl (C=O) groups excluding carboxylic acids is 1. The lowest BCUT2D eigenvalue weighted by Crippen LogP contribution is -2.45. The van der Waals surface area contributed by atoms with Crippen LogP contribution in [0.2, 0.25) is 0 Å². The molecule has 1 aliphatic heterocycles. The number of sulfonamides is 1. The summed E-state index contributed by atoms with van der Waals surface area (Å²) in [4.78, 5) is 34.5. The molecule has 12 nitrogen and oxygen atoms in total. The average molecular weight is 669 g/mol. The molecule has 1 amide bonds. The van der Waals surface area contributed by atoms with E-state index >= 15 is 0 Å². The van der Waals surface area contributed by atoms with Crippen LogP contribution >= 0.6 is 0 Å².